The first kappa shape index (κ1) is 12.5. The maximum absolute atomic E-state index is 3.71. The monoisotopic (exact) mass is 255 g/mol. The SMILES string of the molecule is CCSC1CCCC(NCc2cccs2)C1. The summed E-state index contributed by atoms with van der Waals surface area (Å²) in [6.45, 7) is 3.33. The van der Waals surface area contributed by atoms with E-state index >= 15 is 0 Å². The highest BCUT2D eigenvalue weighted by atomic mass is 32.2. The van der Waals surface area contributed by atoms with E-state index in [4.69, 9.17) is 0 Å². The second-order valence-corrected chi connectivity index (χ2v) is 7.01. The first-order chi connectivity index (χ1) is 7.88. The molecule has 16 heavy (non-hydrogen) atoms. The molecule has 1 aliphatic rings. The summed E-state index contributed by atoms with van der Waals surface area (Å²) < 4.78 is 0. The van der Waals surface area contributed by atoms with Gasteiger partial charge in [0.2, 0.25) is 0 Å². The van der Waals surface area contributed by atoms with Crippen LogP contribution in [0.5, 0.6) is 0 Å². The molecule has 1 saturated carbocycles. The van der Waals surface area contributed by atoms with Crippen molar-refractivity contribution in [3.05, 3.63) is 22.4 Å². The molecule has 1 heterocycles. The second kappa shape index (κ2) is 6.67. The smallest absolute Gasteiger partial charge is 0.0302 e. The summed E-state index contributed by atoms with van der Waals surface area (Å²) in [7, 11) is 0. The Morgan fingerprint density at radius 3 is 3.19 bits per heavy atom. The number of thiophene rings is 1. The standard InChI is InChI=1S/C13H21NS2/c1-2-15-12-6-3-5-11(9-12)14-10-13-7-4-8-16-13/h4,7-8,11-12,14H,2-3,5-6,9-10H2,1H3. The van der Waals surface area contributed by atoms with Gasteiger partial charge in [-0.05, 0) is 36.5 Å². The molecule has 0 bridgehead atoms. The quantitative estimate of drug-likeness (QED) is 0.856. The van der Waals surface area contributed by atoms with Crippen LogP contribution in [0.3, 0.4) is 0 Å². The predicted molar refractivity (Wildman–Crippen MR) is 75.3 cm³/mol. The largest absolute Gasteiger partial charge is 0.309 e. The average molecular weight is 255 g/mol. The number of nitrogens with one attached hydrogen (secondary N) is 1. The lowest BCUT2D eigenvalue weighted by molar-refractivity contribution is 0.380. The van der Waals surface area contributed by atoms with Crippen molar-refractivity contribution in [1.29, 1.82) is 0 Å². The van der Waals surface area contributed by atoms with E-state index in [0.29, 0.717) is 0 Å². The molecular weight excluding hydrogens is 234 g/mol. The Hall–Kier alpha value is 0.01000. The lowest BCUT2D eigenvalue weighted by Gasteiger charge is -2.29. The van der Waals surface area contributed by atoms with Crippen molar-refractivity contribution < 1.29 is 0 Å². The number of hydrogen-bond acceptors (Lipinski definition) is 3. The van der Waals surface area contributed by atoms with E-state index in [2.05, 4.69) is 41.5 Å². The van der Waals surface area contributed by atoms with E-state index < -0.39 is 0 Å². The van der Waals surface area contributed by atoms with Crippen molar-refractivity contribution >= 4 is 23.1 Å². The minimum Gasteiger partial charge on any atom is -0.309 e. The van der Waals surface area contributed by atoms with Gasteiger partial charge < -0.3 is 5.32 Å². The van der Waals surface area contributed by atoms with E-state index in [-0.39, 0.29) is 0 Å². The zero-order valence-electron chi connectivity index (χ0n) is 9.95. The van der Waals surface area contributed by atoms with Crippen LogP contribution >= 0.6 is 23.1 Å². The molecule has 0 aliphatic heterocycles. The molecule has 3 heteroatoms. The fraction of sp³-hybridized carbons (Fsp3) is 0.692. The first-order valence-electron chi connectivity index (χ1n) is 6.26. The highest BCUT2D eigenvalue weighted by Gasteiger charge is 2.21. The van der Waals surface area contributed by atoms with Crippen LogP contribution < -0.4 is 5.32 Å². The summed E-state index contributed by atoms with van der Waals surface area (Å²) in [4.78, 5) is 1.46. The minimum absolute atomic E-state index is 0.750. The Morgan fingerprint density at radius 1 is 1.50 bits per heavy atom. The highest BCUT2D eigenvalue weighted by molar-refractivity contribution is 7.99. The van der Waals surface area contributed by atoms with Gasteiger partial charge in [0.25, 0.3) is 0 Å². The summed E-state index contributed by atoms with van der Waals surface area (Å²) >= 11 is 4.00. The summed E-state index contributed by atoms with van der Waals surface area (Å²) in [6.07, 6.45) is 5.56. The third-order valence-electron chi connectivity index (χ3n) is 3.17. The van der Waals surface area contributed by atoms with E-state index in [1.54, 1.807) is 0 Å². The van der Waals surface area contributed by atoms with Crippen molar-refractivity contribution in [2.45, 2.75) is 50.4 Å². The summed E-state index contributed by atoms with van der Waals surface area (Å²) in [5.41, 5.74) is 0. The Balaban J connectivity index is 1.72. The van der Waals surface area contributed by atoms with Gasteiger partial charge in [-0.1, -0.05) is 19.4 Å². The van der Waals surface area contributed by atoms with Crippen molar-refractivity contribution in [1.82, 2.24) is 5.32 Å². The molecule has 0 saturated heterocycles. The van der Waals surface area contributed by atoms with Gasteiger partial charge in [-0.25, -0.2) is 0 Å². The van der Waals surface area contributed by atoms with E-state index in [1.807, 2.05) is 11.3 Å². The van der Waals surface area contributed by atoms with Gasteiger partial charge in [0, 0.05) is 22.7 Å². The molecule has 0 amide bonds. The number of rotatable bonds is 5. The van der Waals surface area contributed by atoms with Gasteiger partial charge in [0.15, 0.2) is 0 Å². The highest BCUT2D eigenvalue weighted by Crippen LogP contribution is 2.28. The van der Waals surface area contributed by atoms with Crippen LogP contribution in [0.15, 0.2) is 17.5 Å². The van der Waals surface area contributed by atoms with Crippen molar-refractivity contribution in [2.24, 2.45) is 0 Å². The maximum atomic E-state index is 3.71. The summed E-state index contributed by atoms with van der Waals surface area (Å²) in [6, 6.07) is 5.11. The molecule has 1 aromatic heterocycles. The molecule has 0 aromatic carbocycles. The van der Waals surface area contributed by atoms with Crippen molar-refractivity contribution in [2.75, 3.05) is 5.75 Å². The van der Waals surface area contributed by atoms with Crippen molar-refractivity contribution in [3.8, 4) is 0 Å². The average Bonchev–Trinajstić information content (AvgIpc) is 2.80. The molecule has 0 radical (unpaired) electrons. The van der Waals surface area contributed by atoms with E-state index in [1.165, 1.54) is 36.3 Å². The molecule has 1 aromatic rings. The van der Waals surface area contributed by atoms with E-state index in [9.17, 15) is 0 Å². The predicted octanol–water partition coefficient (Wildman–Crippen LogP) is 3.90. The topological polar surface area (TPSA) is 12.0 Å². The third kappa shape index (κ3) is 3.79. The zero-order valence-corrected chi connectivity index (χ0v) is 11.6. The van der Waals surface area contributed by atoms with Crippen LogP contribution in [0.1, 0.15) is 37.5 Å². The van der Waals surface area contributed by atoms with Gasteiger partial charge in [0.1, 0.15) is 0 Å². The van der Waals surface area contributed by atoms with Crippen molar-refractivity contribution in [3.63, 3.8) is 0 Å². The van der Waals surface area contributed by atoms with Crippen LogP contribution in [0, 0.1) is 0 Å². The first-order valence-corrected chi connectivity index (χ1v) is 8.18. The zero-order chi connectivity index (χ0) is 11.2. The van der Waals surface area contributed by atoms with Gasteiger partial charge in [-0.15, -0.1) is 11.3 Å². The Kier molecular flexibility index (Phi) is 5.20. The van der Waals surface area contributed by atoms with Gasteiger partial charge in [-0.3, -0.25) is 0 Å². The van der Waals surface area contributed by atoms with Crippen LogP contribution in [0.2, 0.25) is 0 Å². The molecule has 0 spiro atoms. The van der Waals surface area contributed by atoms with Gasteiger partial charge >= 0.3 is 0 Å². The fourth-order valence-electron chi connectivity index (χ4n) is 2.38. The van der Waals surface area contributed by atoms with Crippen LogP contribution in [-0.2, 0) is 6.54 Å². The lowest BCUT2D eigenvalue weighted by Crippen LogP contribution is -2.34. The van der Waals surface area contributed by atoms with E-state index in [0.717, 1.165) is 17.8 Å². The molecule has 90 valence electrons. The molecule has 1 N–H and O–H groups in total. The number of thioether (sulfide) groups is 1. The van der Waals surface area contributed by atoms with Crippen LogP contribution in [-0.4, -0.2) is 17.0 Å². The molecule has 2 unspecified atom stereocenters. The number of hydrogen-bond donors (Lipinski definition) is 1. The van der Waals surface area contributed by atoms with Gasteiger partial charge in [0.05, 0.1) is 0 Å². The molecule has 2 atom stereocenters. The second-order valence-electron chi connectivity index (χ2n) is 4.40. The molecule has 1 aliphatic carbocycles. The normalized spacial score (nSPS) is 25.8. The minimum atomic E-state index is 0.750. The fourth-order valence-corrected chi connectivity index (χ4v) is 4.20. The maximum Gasteiger partial charge on any atom is 0.0302 e. The summed E-state index contributed by atoms with van der Waals surface area (Å²) in [5, 5.41) is 6.77. The Labute approximate surface area is 107 Å². The Bertz CT molecular complexity index is 282. The summed E-state index contributed by atoms with van der Waals surface area (Å²) in [5.74, 6) is 1.27. The molecule has 1 fully saturated rings. The van der Waals surface area contributed by atoms with Gasteiger partial charge in [-0.2, -0.15) is 11.8 Å². The molecule has 2 rings (SSSR count). The molecular formula is C13H21NS2. The lowest BCUT2D eigenvalue weighted by atomic mass is 9.95. The Morgan fingerprint density at radius 2 is 2.44 bits per heavy atom. The molecule has 1 nitrogen and oxygen atoms in total. The van der Waals surface area contributed by atoms with Crippen LogP contribution in [0.25, 0.3) is 0 Å². The van der Waals surface area contributed by atoms with Crippen LogP contribution in [0.4, 0.5) is 0 Å². The third-order valence-corrected chi connectivity index (χ3v) is 5.28.